The van der Waals surface area contributed by atoms with Crippen LogP contribution in [0.3, 0.4) is 0 Å². The number of rotatable bonds is 3. The van der Waals surface area contributed by atoms with Crippen molar-refractivity contribution in [2.75, 3.05) is 0 Å². The molecule has 0 radical (unpaired) electrons. The first kappa shape index (κ1) is 13.3. The van der Waals surface area contributed by atoms with Crippen LogP contribution in [0.25, 0.3) is 0 Å². The molecular weight excluding hydrogens is 274 g/mol. The molecule has 0 atom stereocenters. The molecule has 1 aliphatic rings. The molecule has 0 N–H and O–H groups in total. The third-order valence-electron chi connectivity index (χ3n) is 3.28. The number of halogens is 1. The summed E-state index contributed by atoms with van der Waals surface area (Å²) in [5.74, 6) is 2.64. The summed E-state index contributed by atoms with van der Waals surface area (Å²) >= 11 is 5.91. The number of hydrogen-bond acceptors (Lipinski definition) is 3. The van der Waals surface area contributed by atoms with Crippen LogP contribution < -0.4 is 9.47 Å². The maximum atomic E-state index is 6.00. The highest BCUT2D eigenvalue weighted by molar-refractivity contribution is 6.17. The number of alkyl halides is 1. The zero-order chi connectivity index (χ0) is 14.2. The number of hydrogen-bond donors (Lipinski definition) is 0. The molecule has 2 heterocycles. The molecule has 2 aromatic rings. The van der Waals surface area contributed by atoms with Crippen LogP contribution >= 0.6 is 11.6 Å². The van der Waals surface area contributed by atoms with E-state index < -0.39 is 0 Å². The van der Waals surface area contributed by atoms with Crippen molar-refractivity contribution in [2.45, 2.75) is 31.7 Å². The van der Waals surface area contributed by atoms with Crippen LogP contribution in [0.1, 0.15) is 25.0 Å². The maximum Gasteiger partial charge on any atom is 0.169 e. The molecule has 0 amide bonds. The fourth-order valence-electron chi connectivity index (χ4n) is 2.40. The van der Waals surface area contributed by atoms with Gasteiger partial charge in [0, 0.05) is 29.9 Å². The van der Waals surface area contributed by atoms with Gasteiger partial charge in [-0.15, -0.1) is 11.6 Å². The molecule has 1 aromatic carbocycles. The molecule has 3 nitrogen and oxygen atoms in total. The SMILES string of the molecule is CC1(C)Cc2cccc(Oc3ccncc3CCl)c2O1. The second kappa shape index (κ2) is 4.98. The van der Waals surface area contributed by atoms with Crippen LogP contribution in [-0.4, -0.2) is 10.6 Å². The van der Waals surface area contributed by atoms with Gasteiger partial charge in [0.05, 0.1) is 5.88 Å². The lowest BCUT2D eigenvalue weighted by atomic mass is 10.0. The summed E-state index contributed by atoms with van der Waals surface area (Å²) in [6, 6.07) is 7.79. The Labute approximate surface area is 123 Å². The average Bonchev–Trinajstić information content (AvgIpc) is 2.74. The Balaban J connectivity index is 1.96. The van der Waals surface area contributed by atoms with Gasteiger partial charge in [-0.25, -0.2) is 0 Å². The lowest BCUT2D eigenvalue weighted by molar-refractivity contribution is 0.135. The standard InChI is InChI=1S/C16H16ClNO2/c1-16(2)8-11-4-3-5-14(15(11)20-16)19-13-6-7-18-10-12(13)9-17/h3-7,10H,8-9H2,1-2H3. The normalized spacial score (nSPS) is 15.6. The number of para-hydroxylation sites is 1. The molecule has 0 spiro atoms. The summed E-state index contributed by atoms with van der Waals surface area (Å²) in [6.45, 7) is 4.15. The van der Waals surface area contributed by atoms with Crippen molar-refractivity contribution in [3.05, 3.63) is 47.8 Å². The van der Waals surface area contributed by atoms with Crippen LogP contribution in [0.4, 0.5) is 0 Å². The molecule has 0 fully saturated rings. The van der Waals surface area contributed by atoms with Gasteiger partial charge >= 0.3 is 0 Å². The predicted octanol–water partition coefficient (Wildman–Crippen LogP) is 4.33. The second-order valence-electron chi connectivity index (χ2n) is 5.50. The van der Waals surface area contributed by atoms with Gasteiger partial charge < -0.3 is 9.47 Å². The van der Waals surface area contributed by atoms with Gasteiger partial charge in [-0.1, -0.05) is 12.1 Å². The third kappa shape index (κ3) is 2.46. The van der Waals surface area contributed by atoms with Crippen molar-refractivity contribution in [3.8, 4) is 17.2 Å². The minimum Gasteiger partial charge on any atom is -0.483 e. The predicted molar refractivity (Wildman–Crippen MR) is 78.7 cm³/mol. The van der Waals surface area contributed by atoms with Crippen molar-refractivity contribution in [1.29, 1.82) is 0 Å². The van der Waals surface area contributed by atoms with Gasteiger partial charge in [-0.2, -0.15) is 0 Å². The largest absolute Gasteiger partial charge is 0.483 e. The number of fused-ring (bicyclic) bond motifs is 1. The number of pyridine rings is 1. The van der Waals surface area contributed by atoms with Crippen LogP contribution in [0.15, 0.2) is 36.7 Å². The number of ether oxygens (including phenoxy) is 2. The van der Waals surface area contributed by atoms with E-state index in [-0.39, 0.29) is 5.60 Å². The Morgan fingerprint density at radius 2 is 2.15 bits per heavy atom. The summed E-state index contributed by atoms with van der Waals surface area (Å²) in [5.41, 5.74) is 1.85. The summed E-state index contributed by atoms with van der Waals surface area (Å²) in [4.78, 5) is 4.06. The van der Waals surface area contributed by atoms with Crippen LogP contribution in [0.2, 0.25) is 0 Å². The zero-order valence-electron chi connectivity index (χ0n) is 11.5. The molecule has 0 aliphatic carbocycles. The van der Waals surface area contributed by atoms with Crippen LogP contribution in [0, 0.1) is 0 Å². The van der Waals surface area contributed by atoms with E-state index in [9.17, 15) is 0 Å². The van der Waals surface area contributed by atoms with E-state index in [1.165, 1.54) is 5.56 Å². The molecule has 0 saturated carbocycles. The van der Waals surface area contributed by atoms with Crippen molar-refractivity contribution < 1.29 is 9.47 Å². The van der Waals surface area contributed by atoms with Gasteiger partial charge in [0.25, 0.3) is 0 Å². The second-order valence-corrected chi connectivity index (χ2v) is 5.77. The van der Waals surface area contributed by atoms with E-state index in [0.717, 1.165) is 29.2 Å². The van der Waals surface area contributed by atoms with E-state index in [1.54, 1.807) is 12.4 Å². The summed E-state index contributed by atoms with van der Waals surface area (Å²) in [5, 5.41) is 0. The Hall–Kier alpha value is -1.74. The summed E-state index contributed by atoms with van der Waals surface area (Å²) in [7, 11) is 0. The van der Waals surface area contributed by atoms with Gasteiger partial charge in [0.15, 0.2) is 11.5 Å². The quantitative estimate of drug-likeness (QED) is 0.788. The zero-order valence-corrected chi connectivity index (χ0v) is 12.3. The van der Waals surface area contributed by atoms with Gasteiger partial charge in [-0.3, -0.25) is 4.98 Å². The van der Waals surface area contributed by atoms with E-state index in [0.29, 0.717) is 5.88 Å². The van der Waals surface area contributed by atoms with E-state index >= 15 is 0 Å². The fraction of sp³-hybridized carbons (Fsp3) is 0.312. The van der Waals surface area contributed by atoms with E-state index in [4.69, 9.17) is 21.1 Å². The molecular formula is C16H16ClNO2. The molecule has 20 heavy (non-hydrogen) atoms. The lowest BCUT2D eigenvalue weighted by Crippen LogP contribution is -2.24. The Morgan fingerprint density at radius 1 is 1.30 bits per heavy atom. The molecule has 0 saturated heterocycles. The van der Waals surface area contributed by atoms with E-state index in [1.807, 2.05) is 18.2 Å². The lowest BCUT2D eigenvalue weighted by Gasteiger charge is -2.18. The Morgan fingerprint density at radius 3 is 2.95 bits per heavy atom. The van der Waals surface area contributed by atoms with Crippen LogP contribution in [-0.2, 0) is 12.3 Å². The molecule has 4 heteroatoms. The van der Waals surface area contributed by atoms with Crippen LogP contribution in [0.5, 0.6) is 17.2 Å². The Bertz CT molecular complexity index is 640. The molecule has 0 unspecified atom stereocenters. The highest BCUT2D eigenvalue weighted by Crippen LogP contribution is 2.43. The molecule has 104 valence electrons. The van der Waals surface area contributed by atoms with Crippen molar-refractivity contribution in [3.63, 3.8) is 0 Å². The molecule has 3 rings (SSSR count). The molecule has 0 bridgehead atoms. The highest BCUT2D eigenvalue weighted by atomic mass is 35.5. The molecule has 1 aromatic heterocycles. The number of aromatic nitrogens is 1. The van der Waals surface area contributed by atoms with Crippen molar-refractivity contribution >= 4 is 11.6 Å². The first-order chi connectivity index (χ1) is 9.59. The summed E-state index contributed by atoms with van der Waals surface area (Å²) < 4.78 is 12.0. The number of benzene rings is 1. The minimum atomic E-state index is -0.185. The highest BCUT2D eigenvalue weighted by Gasteiger charge is 2.32. The molecule has 1 aliphatic heterocycles. The number of nitrogens with zero attached hydrogens (tertiary/aromatic N) is 1. The van der Waals surface area contributed by atoms with Gasteiger partial charge in [-0.05, 0) is 26.0 Å². The first-order valence-corrected chi connectivity index (χ1v) is 7.10. The smallest absolute Gasteiger partial charge is 0.169 e. The van der Waals surface area contributed by atoms with E-state index in [2.05, 4.69) is 24.9 Å². The topological polar surface area (TPSA) is 31.4 Å². The summed E-state index contributed by atoms with van der Waals surface area (Å²) in [6.07, 6.45) is 4.30. The van der Waals surface area contributed by atoms with Gasteiger partial charge in [0.1, 0.15) is 11.4 Å². The minimum absolute atomic E-state index is 0.185. The van der Waals surface area contributed by atoms with Crippen molar-refractivity contribution in [2.24, 2.45) is 0 Å². The third-order valence-corrected chi connectivity index (χ3v) is 3.57. The average molecular weight is 290 g/mol. The van der Waals surface area contributed by atoms with Crippen molar-refractivity contribution in [1.82, 2.24) is 4.98 Å². The fourth-order valence-corrected chi connectivity index (χ4v) is 2.60. The maximum absolute atomic E-state index is 6.00. The van der Waals surface area contributed by atoms with Gasteiger partial charge in [0.2, 0.25) is 0 Å². The monoisotopic (exact) mass is 289 g/mol. The first-order valence-electron chi connectivity index (χ1n) is 6.57. The Kier molecular flexibility index (Phi) is 3.30.